The van der Waals surface area contributed by atoms with Gasteiger partial charge in [0.05, 0.1) is 5.69 Å². The molecule has 2 heterocycles. The molecule has 94 valence electrons. The first kappa shape index (κ1) is 12.8. The minimum Gasteiger partial charge on any atom is -0.264 e. The van der Waals surface area contributed by atoms with Crippen molar-refractivity contribution < 1.29 is 13.2 Å². The second-order valence-electron chi connectivity index (χ2n) is 3.36. The molecule has 18 heavy (non-hydrogen) atoms. The molecule has 2 aromatic heterocycles. The van der Waals surface area contributed by atoms with Gasteiger partial charge in [0, 0.05) is 18.0 Å². The molecule has 0 saturated carbocycles. The molecular weight excluding hydrogens is 263 g/mol. The van der Waals surface area contributed by atoms with Crippen molar-refractivity contribution in [1.82, 2.24) is 15.0 Å². The maximum atomic E-state index is 12.7. The summed E-state index contributed by atoms with van der Waals surface area (Å²) in [6.07, 6.45) is 0.157. The van der Waals surface area contributed by atoms with E-state index < -0.39 is 11.9 Å². The van der Waals surface area contributed by atoms with Gasteiger partial charge in [-0.3, -0.25) is 4.98 Å². The van der Waals surface area contributed by atoms with Gasteiger partial charge >= 0.3 is 6.18 Å². The van der Waals surface area contributed by atoms with Crippen LogP contribution in [0.5, 0.6) is 0 Å². The number of nitrogens with zero attached hydrogens (tertiary/aromatic N) is 3. The highest BCUT2D eigenvalue weighted by Gasteiger charge is 2.33. The molecule has 7 heteroatoms. The number of alkyl halides is 3. The molecule has 0 saturated heterocycles. The summed E-state index contributed by atoms with van der Waals surface area (Å²) in [5.74, 6) is 0. The summed E-state index contributed by atoms with van der Waals surface area (Å²) in [4.78, 5) is 11.4. The van der Waals surface area contributed by atoms with Crippen LogP contribution in [-0.2, 0) is 6.18 Å². The SMILES string of the molecule is CSc1nc(-c2cccnc2)cc(C(F)(F)F)n1. The number of hydrogen-bond donors (Lipinski definition) is 0. The maximum absolute atomic E-state index is 12.7. The van der Waals surface area contributed by atoms with Crippen LogP contribution in [0, 0.1) is 0 Å². The highest BCUT2D eigenvalue weighted by Crippen LogP contribution is 2.31. The van der Waals surface area contributed by atoms with E-state index in [0.29, 0.717) is 5.56 Å². The van der Waals surface area contributed by atoms with Gasteiger partial charge in [-0.05, 0) is 24.5 Å². The summed E-state index contributed by atoms with van der Waals surface area (Å²) < 4.78 is 38.1. The molecule has 0 aromatic carbocycles. The summed E-state index contributed by atoms with van der Waals surface area (Å²) >= 11 is 1.07. The Morgan fingerprint density at radius 3 is 2.56 bits per heavy atom. The molecule has 0 spiro atoms. The van der Waals surface area contributed by atoms with Crippen LogP contribution in [0.2, 0.25) is 0 Å². The van der Waals surface area contributed by atoms with Gasteiger partial charge in [-0.15, -0.1) is 0 Å². The predicted octanol–water partition coefficient (Wildman–Crippen LogP) is 3.28. The molecule has 2 aromatic rings. The van der Waals surface area contributed by atoms with Gasteiger partial charge in [0.15, 0.2) is 5.16 Å². The molecule has 0 aliphatic carbocycles. The molecular formula is C11H8F3N3S. The molecule has 0 atom stereocenters. The van der Waals surface area contributed by atoms with Gasteiger partial charge in [0.25, 0.3) is 0 Å². The Labute approximate surface area is 105 Å². The Morgan fingerprint density at radius 2 is 2.00 bits per heavy atom. The lowest BCUT2D eigenvalue weighted by atomic mass is 10.2. The number of thioether (sulfide) groups is 1. The Hall–Kier alpha value is -1.63. The van der Waals surface area contributed by atoms with Crippen LogP contribution in [0.4, 0.5) is 13.2 Å². The standard InChI is InChI=1S/C11H8F3N3S/c1-18-10-16-8(7-3-2-4-15-6-7)5-9(17-10)11(12,13)14/h2-6H,1H3. The van der Waals surface area contributed by atoms with Crippen LogP contribution >= 0.6 is 11.8 Å². The van der Waals surface area contributed by atoms with Crippen molar-refractivity contribution in [2.75, 3.05) is 6.26 Å². The van der Waals surface area contributed by atoms with Crippen molar-refractivity contribution in [1.29, 1.82) is 0 Å². The topological polar surface area (TPSA) is 38.7 Å². The monoisotopic (exact) mass is 271 g/mol. The fourth-order valence-electron chi connectivity index (χ4n) is 1.32. The van der Waals surface area contributed by atoms with E-state index in [2.05, 4.69) is 15.0 Å². The van der Waals surface area contributed by atoms with Crippen LogP contribution in [0.15, 0.2) is 35.7 Å². The average molecular weight is 271 g/mol. The Balaban J connectivity index is 2.55. The van der Waals surface area contributed by atoms with Crippen molar-refractivity contribution >= 4 is 11.8 Å². The number of rotatable bonds is 2. The summed E-state index contributed by atoms with van der Waals surface area (Å²) in [7, 11) is 0. The van der Waals surface area contributed by atoms with Gasteiger partial charge in [-0.2, -0.15) is 13.2 Å². The Kier molecular flexibility index (Phi) is 3.51. The minimum absolute atomic E-state index is 0.0867. The normalized spacial score (nSPS) is 11.6. The lowest BCUT2D eigenvalue weighted by molar-refractivity contribution is -0.141. The molecule has 0 aliphatic heterocycles. The van der Waals surface area contributed by atoms with Crippen molar-refractivity contribution in [3.63, 3.8) is 0 Å². The minimum atomic E-state index is -4.48. The van der Waals surface area contributed by atoms with Crippen molar-refractivity contribution in [3.05, 3.63) is 36.3 Å². The highest BCUT2D eigenvalue weighted by molar-refractivity contribution is 7.98. The van der Waals surface area contributed by atoms with Gasteiger partial charge in [-0.25, -0.2) is 9.97 Å². The third-order valence-corrected chi connectivity index (χ3v) is 2.68. The first-order valence-electron chi connectivity index (χ1n) is 4.91. The maximum Gasteiger partial charge on any atom is 0.433 e. The summed E-state index contributed by atoms with van der Waals surface area (Å²) in [5.41, 5.74) is -0.198. The number of halogens is 3. The first-order chi connectivity index (χ1) is 8.50. The predicted molar refractivity (Wildman–Crippen MR) is 62.0 cm³/mol. The smallest absolute Gasteiger partial charge is 0.264 e. The van der Waals surface area contributed by atoms with E-state index in [1.165, 1.54) is 6.20 Å². The van der Waals surface area contributed by atoms with E-state index in [9.17, 15) is 13.2 Å². The molecule has 0 unspecified atom stereocenters. The molecule has 0 bridgehead atoms. The average Bonchev–Trinajstić information content (AvgIpc) is 2.38. The van der Waals surface area contributed by atoms with Crippen LogP contribution in [0.3, 0.4) is 0 Å². The van der Waals surface area contributed by atoms with Crippen molar-refractivity contribution in [2.24, 2.45) is 0 Å². The fraction of sp³-hybridized carbons (Fsp3) is 0.182. The molecule has 0 fully saturated rings. The third kappa shape index (κ3) is 2.79. The molecule has 0 N–H and O–H groups in total. The quantitative estimate of drug-likeness (QED) is 0.620. The lowest BCUT2D eigenvalue weighted by Crippen LogP contribution is -2.10. The largest absolute Gasteiger partial charge is 0.433 e. The van der Waals surface area contributed by atoms with Crippen LogP contribution in [-0.4, -0.2) is 21.2 Å². The number of hydrogen-bond acceptors (Lipinski definition) is 4. The van der Waals surface area contributed by atoms with Gasteiger partial charge < -0.3 is 0 Å². The Morgan fingerprint density at radius 1 is 1.22 bits per heavy atom. The fourth-order valence-corrected chi connectivity index (χ4v) is 1.70. The van der Waals surface area contributed by atoms with E-state index in [1.54, 1.807) is 24.6 Å². The Bertz CT molecular complexity index is 543. The second kappa shape index (κ2) is 4.93. The molecule has 2 rings (SSSR count). The molecule has 3 nitrogen and oxygen atoms in total. The van der Waals surface area contributed by atoms with E-state index in [-0.39, 0.29) is 10.9 Å². The van der Waals surface area contributed by atoms with Crippen LogP contribution < -0.4 is 0 Å². The van der Waals surface area contributed by atoms with Gasteiger partial charge in [0.1, 0.15) is 5.69 Å². The zero-order chi connectivity index (χ0) is 13.2. The molecule has 0 radical (unpaired) electrons. The van der Waals surface area contributed by atoms with E-state index in [1.807, 2.05) is 0 Å². The lowest BCUT2D eigenvalue weighted by Gasteiger charge is -2.09. The van der Waals surface area contributed by atoms with Gasteiger partial charge in [-0.1, -0.05) is 11.8 Å². The van der Waals surface area contributed by atoms with Crippen molar-refractivity contribution in [2.45, 2.75) is 11.3 Å². The number of pyridine rings is 1. The van der Waals surface area contributed by atoms with E-state index in [0.717, 1.165) is 17.8 Å². The number of aromatic nitrogens is 3. The summed E-state index contributed by atoms with van der Waals surface area (Å²) in [6, 6.07) is 4.22. The van der Waals surface area contributed by atoms with Gasteiger partial charge in [0.2, 0.25) is 0 Å². The molecule has 0 aliphatic rings. The zero-order valence-electron chi connectivity index (χ0n) is 9.27. The van der Waals surface area contributed by atoms with Crippen LogP contribution in [0.25, 0.3) is 11.3 Å². The first-order valence-corrected chi connectivity index (χ1v) is 6.14. The summed E-state index contributed by atoms with van der Waals surface area (Å²) in [6.45, 7) is 0. The van der Waals surface area contributed by atoms with Crippen LogP contribution in [0.1, 0.15) is 5.69 Å². The van der Waals surface area contributed by atoms with E-state index in [4.69, 9.17) is 0 Å². The highest BCUT2D eigenvalue weighted by atomic mass is 32.2. The van der Waals surface area contributed by atoms with Crippen molar-refractivity contribution in [3.8, 4) is 11.3 Å². The zero-order valence-corrected chi connectivity index (χ0v) is 10.1. The second-order valence-corrected chi connectivity index (χ2v) is 4.14. The van der Waals surface area contributed by atoms with E-state index >= 15 is 0 Å². The molecule has 0 amide bonds. The third-order valence-electron chi connectivity index (χ3n) is 2.14. The summed E-state index contributed by atoms with van der Waals surface area (Å²) in [5, 5.41) is 0.0867.